The molecule has 0 spiro atoms. The zero-order chi connectivity index (χ0) is 39.4. The second-order valence-corrected chi connectivity index (χ2v) is 14.3. The van der Waals surface area contributed by atoms with Gasteiger partial charge in [0.05, 0.1) is 34.5 Å². The van der Waals surface area contributed by atoms with Gasteiger partial charge in [-0.25, -0.2) is 4.98 Å². The molecule has 0 unspecified atom stereocenters. The minimum atomic E-state index is -2.29. The Morgan fingerprint density at radius 1 is 0.545 bits per heavy atom. The Kier molecular flexibility index (Phi) is 7.08. The van der Waals surface area contributed by atoms with E-state index in [9.17, 15) is 0 Å². The second kappa shape index (κ2) is 13.2. The fourth-order valence-corrected chi connectivity index (χ4v) is 8.77. The molecule has 0 N–H and O–H groups in total. The van der Waals surface area contributed by atoms with Crippen molar-refractivity contribution in [1.29, 1.82) is 0 Å². The molecule has 9 aromatic rings. The summed E-state index contributed by atoms with van der Waals surface area (Å²) in [6.07, 6.45) is 1.91. The Bertz CT molecular complexity index is 2910. The topological polar surface area (TPSA) is 24.3 Å². The zero-order valence-electron chi connectivity index (χ0n) is 33.5. The van der Waals surface area contributed by atoms with Crippen LogP contribution in [-0.2, 0) is 5.41 Å². The van der Waals surface area contributed by atoms with Crippen molar-refractivity contribution in [1.82, 2.24) is 9.55 Å². The molecule has 0 fully saturated rings. The zero-order valence-corrected chi connectivity index (χ0v) is 30.5. The van der Waals surface area contributed by atoms with Gasteiger partial charge >= 0.3 is 0 Å². The molecule has 0 amide bonds. The Balaban J connectivity index is 1.24. The van der Waals surface area contributed by atoms with Gasteiger partial charge in [0.15, 0.2) is 0 Å². The van der Waals surface area contributed by atoms with Crippen molar-refractivity contribution in [2.75, 3.05) is 23.4 Å². The van der Waals surface area contributed by atoms with Gasteiger partial charge in [-0.1, -0.05) is 140 Å². The van der Waals surface area contributed by atoms with Crippen LogP contribution in [-0.4, -0.2) is 23.2 Å². The van der Waals surface area contributed by atoms with Crippen LogP contribution in [0.1, 0.15) is 31.9 Å². The van der Waals surface area contributed by atoms with E-state index in [-0.39, 0.29) is 6.67 Å². The number of nitrogens with zero attached hydrogens (tertiary/aromatic N) is 4. The van der Waals surface area contributed by atoms with E-state index < -0.39 is 12.4 Å². The number of hydrogen-bond donors (Lipinski definition) is 0. The third-order valence-electron chi connectivity index (χ3n) is 11.3. The average Bonchev–Trinajstić information content (AvgIpc) is 3.82. The molecule has 1 aliphatic rings. The lowest BCUT2D eigenvalue weighted by Crippen LogP contribution is -2.31. The van der Waals surface area contributed by atoms with E-state index in [2.05, 4.69) is 180 Å². The minimum Gasteiger partial charge on any atom is -0.355 e. The average molecular weight is 712 g/mol. The molecule has 10 rings (SSSR count). The lowest BCUT2D eigenvalue weighted by molar-refractivity contribution is 0.745. The number of fused-ring (bicyclic) bond motifs is 4. The van der Waals surface area contributed by atoms with E-state index >= 15 is 0 Å². The molecule has 0 saturated heterocycles. The first-order valence-electron chi connectivity index (χ1n) is 20.2. The van der Waals surface area contributed by atoms with Crippen LogP contribution >= 0.6 is 0 Å². The number of hydrogen-bond acceptors (Lipinski definition) is 3. The van der Waals surface area contributed by atoms with Crippen LogP contribution in [0.4, 0.5) is 17.1 Å². The van der Waals surface area contributed by atoms with Crippen LogP contribution < -0.4 is 9.80 Å². The van der Waals surface area contributed by atoms with Crippen LogP contribution in [0.2, 0.25) is 0 Å². The fraction of sp³-hybridized carbons (Fsp3) is 0.0784. The fourth-order valence-electron chi connectivity index (χ4n) is 8.77. The highest BCUT2D eigenvalue weighted by atomic mass is 15.4. The van der Waals surface area contributed by atoms with Crippen LogP contribution in [0.25, 0.3) is 38.8 Å². The number of benzene rings is 7. The Morgan fingerprint density at radius 2 is 1.20 bits per heavy atom. The largest absolute Gasteiger partial charge is 0.355 e. The molecule has 0 atom stereocenters. The quantitative estimate of drug-likeness (QED) is 0.154. The van der Waals surface area contributed by atoms with Crippen molar-refractivity contribution in [3.63, 3.8) is 0 Å². The van der Waals surface area contributed by atoms with Gasteiger partial charge in [-0.3, -0.25) is 4.57 Å². The normalized spacial score (nSPS) is 13.8. The van der Waals surface area contributed by atoms with Crippen molar-refractivity contribution in [2.45, 2.75) is 12.3 Å². The van der Waals surface area contributed by atoms with Crippen molar-refractivity contribution in [2.24, 2.45) is 0 Å². The number of rotatable bonds is 7. The van der Waals surface area contributed by atoms with Crippen LogP contribution in [0.3, 0.4) is 0 Å². The summed E-state index contributed by atoms with van der Waals surface area (Å²) in [6, 6.07) is 66.1. The monoisotopic (exact) mass is 711 g/mol. The van der Waals surface area contributed by atoms with Crippen molar-refractivity contribution in [3.05, 3.63) is 222 Å². The number of para-hydroxylation sites is 3. The van der Waals surface area contributed by atoms with E-state index in [4.69, 9.17) is 9.10 Å². The van der Waals surface area contributed by atoms with Crippen molar-refractivity contribution >= 4 is 38.9 Å². The first kappa shape index (κ1) is 29.5. The van der Waals surface area contributed by atoms with E-state index in [1.165, 1.54) is 16.0 Å². The molecule has 4 nitrogen and oxygen atoms in total. The third kappa shape index (κ3) is 5.25. The maximum Gasteiger partial charge on any atom is 0.138 e. The first-order chi connectivity index (χ1) is 28.3. The highest BCUT2D eigenvalue weighted by Gasteiger charge is 2.39. The van der Waals surface area contributed by atoms with E-state index in [0.717, 1.165) is 66.8 Å². The molecule has 3 heterocycles. The predicted octanol–water partition coefficient (Wildman–Crippen LogP) is 12.1. The third-order valence-corrected chi connectivity index (χ3v) is 11.3. The molecule has 0 aliphatic carbocycles. The molecule has 55 heavy (non-hydrogen) atoms. The molecular formula is C51H40N4. The summed E-state index contributed by atoms with van der Waals surface area (Å²) in [4.78, 5) is 8.63. The van der Waals surface area contributed by atoms with Crippen LogP contribution in [0.15, 0.2) is 194 Å². The lowest BCUT2D eigenvalue weighted by atomic mass is 9.65. The molecule has 4 heteroatoms. The van der Waals surface area contributed by atoms with E-state index in [1.54, 1.807) is 0 Å². The van der Waals surface area contributed by atoms with Gasteiger partial charge in [-0.15, -0.1) is 0 Å². The molecule has 1 aliphatic heterocycles. The standard InChI is InChI=1S/C51H40N4/c1-36-16-9-10-23-43(36)37-30-31-52-50(32-37)55-46-25-12-11-24-44(46)45-29-28-41(34-49(45)55)51(38-17-5-3-6-18-38,39-19-7-4-8-20-39)40-21-15-22-42(33-40)54-35-53(2)47-26-13-14-27-48(47)54/h3-34H,35H2,1-2H3/i2D3. The highest BCUT2D eigenvalue weighted by Crippen LogP contribution is 2.49. The Morgan fingerprint density at radius 3 is 1.98 bits per heavy atom. The molecule has 0 bridgehead atoms. The van der Waals surface area contributed by atoms with E-state index in [1.807, 2.05) is 30.5 Å². The summed E-state index contributed by atoms with van der Waals surface area (Å²) in [7, 11) is 0. The van der Waals surface area contributed by atoms with Gasteiger partial charge in [0, 0.05) is 33.7 Å². The number of aryl methyl sites for hydroxylation is 1. The molecular weight excluding hydrogens is 669 g/mol. The maximum absolute atomic E-state index is 8.37. The summed E-state index contributed by atoms with van der Waals surface area (Å²) in [5.41, 5.74) is 11.8. The Hall–Kier alpha value is -6.91. The van der Waals surface area contributed by atoms with Crippen LogP contribution in [0, 0.1) is 6.92 Å². The lowest BCUT2D eigenvalue weighted by Gasteiger charge is -2.37. The van der Waals surface area contributed by atoms with Gasteiger partial charge in [0.25, 0.3) is 0 Å². The summed E-state index contributed by atoms with van der Waals surface area (Å²) in [6.45, 7) is 0.0714. The van der Waals surface area contributed by atoms with Crippen LogP contribution in [0.5, 0.6) is 0 Å². The summed E-state index contributed by atoms with van der Waals surface area (Å²) in [5, 5.41) is 2.30. The van der Waals surface area contributed by atoms with Crippen molar-refractivity contribution in [3.8, 4) is 16.9 Å². The van der Waals surface area contributed by atoms with Gasteiger partial charge < -0.3 is 9.80 Å². The van der Waals surface area contributed by atoms with Gasteiger partial charge in [0.2, 0.25) is 0 Å². The smallest absolute Gasteiger partial charge is 0.138 e. The molecule has 2 aromatic heterocycles. The molecule has 0 radical (unpaired) electrons. The van der Waals surface area contributed by atoms with Crippen molar-refractivity contribution < 1.29 is 4.11 Å². The van der Waals surface area contributed by atoms with Gasteiger partial charge in [0.1, 0.15) is 5.82 Å². The summed E-state index contributed by atoms with van der Waals surface area (Å²) < 4.78 is 27.4. The SMILES string of the molecule is [2H]C([2H])([2H])N1CN(c2cccc(C(c3ccccc3)(c3ccccc3)c3ccc4c5ccccc5n(-c5cc(-c6ccccc6C)ccn5)c4c3)c2)c2ccccc21. The Labute approximate surface area is 326 Å². The first-order valence-corrected chi connectivity index (χ1v) is 18.7. The minimum absolute atomic E-state index is 0.212. The highest BCUT2D eigenvalue weighted by molar-refractivity contribution is 6.09. The molecule has 0 saturated carbocycles. The number of pyridine rings is 1. The summed E-state index contributed by atoms with van der Waals surface area (Å²) in [5.74, 6) is 0.850. The summed E-state index contributed by atoms with van der Waals surface area (Å²) >= 11 is 0. The maximum atomic E-state index is 8.37. The van der Waals surface area contributed by atoms with Gasteiger partial charge in [-0.2, -0.15) is 0 Å². The molecule has 264 valence electrons. The second-order valence-electron chi connectivity index (χ2n) is 14.3. The predicted molar refractivity (Wildman–Crippen MR) is 229 cm³/mol. The van der Waals surface area contributed by atoms with E-state index in [0.29, 0.717) is 5.69 Å². The molecule has 7 aromatic carbocycles. The number of anilines is 3. The van der Waals surface area contributed by atoms with Gasteiger partial charge in [-0.05, 0) is 94.4 Å². The number of aromatic nitrogens is 2.